The first-order chi connectivity index (χ1) is 32.9. The summed E-state index contributed by atoms with van der Waals surface area (Å²) in [6.45, 7) is 9.11. The molecule has 0 bridgehead atoms. The fraction of sp³-hybridized carbons (Fsp3) is 0.951. The van der Waals surface area contributed by atoms with E-state index in [1.54, 1.807) is 0 Å². The Bertz CT molecular complexity index is 1010. The number of carbonyl (C=O) groups is 3. The molecule has 0 aliphatic heterocycles. The van der Waals surface area contributed by atoms with Crippen molar-refractivity contribution in [2.45, 2.75) is 355 Å². The summed E-state index contributed by atoms with van der Waals surface area (Å²) in [5, 5.41) is 0. The molecule has 0 aromatic heterocycles. The van der Waals surface area contributed by atoms with Gasteiger partial charge >= 0.3 is 17.9 Å². The van der Waals surface area contributed by atoms with Crippen molar-refractivity contribution in [1.29, 1.82) is 0 Å². The number of carbonyl (C=O) groups excluding carboxylic acids is 3. The van der Waals surface area contributed by atoms with Crippen LogP contribution in [-0.2, 0) is 28.6 Å². The number of unbranched alkanes of at least 4 members (excludes halogenated alkanes) is 42. The van der Waals surface area contributed by atoms with Crippen LogP contribution in [0.2, 0.25) is 0 Å². The number of rotatable bonds is 56. The number of hydrogen-bond donors (Lipinski definition) is 0. The van der Waals surface area contributed by atoms with Gasteiger partial charge in [-0.3, -0.25) is 14.4 Å². The number of ether oxygens (including phenoxy) is 3. The van der Waals surface area contributed by atoms with Crippen LogP contribution in [0.4, 0.5) is 0 Å². The van der Waals surface area contributed by atoms with E-state index in [1.807, 2.05) is 0 Å². The van der Waals surface area contributed by atoms with E-state index >= 15 is 0 Å². The highest BCUT2D eigenvalue weighted by atomic mass is 16.6. The highest BCUT2D eigenvalue weighted by molar-refractivity contribution is 5.71. The van der Waals surface area contributed by atoms with Gasteiger partial charge in [0.05, 0.1) is 0 Å². The summed E-state index contributed by atoms with van der Waals surface area (Å²) in [5.41, 5.74) is 0. The van der Waals surface area contributed by atoms with Gasteiger partial charge in [0.2, 0.25) is 0 Å². The quantitative estimate of drug-likeness (QED) is 0.0343. The molecule has 0 aliphatic carbocycles. The van der Waals surface area contributed by atoms with E-state index in [0.717, 1.165) is 63.7 Å². The topological polar surface area (TPSA) is 78.9 Å². The van der Waals surface area contributed by atoms with Crippen molar-refractivity contribution in [2.75, 3.05) is 13.2 Å². The Labute approximate surface area is 418 Å². The predicted octanol–water partition coefficient (Wildman–Crippen LogP) is 20.2. The molecule has 0 amide bonds. The smallest absolute Gasteiger partial charge is 0.306 e. The molecule has 0 radical (unpaired) electrons. The SMILES string of the molecule is CCCCCCCCCCCCCCCCCCC(=O)OC[C@H](COC(=O)CCCCCCCCCCCCCCCCC)OC(=O)CCCCCCCCCCCCCCCCC(C)CC. The lowest BCUT2D eigenvalue weighted by Crippen LogP contribution is -2.30. The van der Waals surface area contributed by atoms with Crippen LogP contribution in [0.15, 0.2) is 0 Å². The summed E-state index contributed by atoms with van der Waals surface area (Å²) >= 11 is 0. The zero-order valence-electron chi connectivity index (χ0n) is 45.9. The van der Waals surface area contributed by atoms with Crippen LogP contribution in [0.3, 0.4) is 0 Å². The summed E-state index contributed by atoms with van der Waals surface area (Å²) < 4.78 is 16.9. The summed E-state index contributed by atoms with van der Waals surface area (Å²) in [4.78, 5) is 38.2. The summed E-state index contributed by atoms with van der Waals surface area (Å²) in [6.07, 6.45) is 60.8. The molecular formula is C61H118O6. The molecular weight excluding hydrogens is 829 g/mol. The predicted molar refractivity (Wildman–Crippen MR) is 289 cm³/mol. The molecule has 67 heavy (non-hydrogen) atoms. The summed E-state index contributed by atoms with van der Waals surface area (Å²) in [7, 11) is 0. The van der Waals surface area contributed by atoms with Crippen LogP contribution in [0.5, 0.6) is 0 Å². The second-order valence-electron chi connectivity index (χ2n) is 21.2. The molecule has 1 unspecified atom stereocenters. The summed E-state index contributed by atoms with van der Waals surface area (Å²) in [5.74, 6) is 0.0636. The maximum atomic E-state index is 12.9. The molecule has 0 spiro atoms. The normalized spacial score (nSPS) is 12.4. The van der Waals surface area contributed by atoms with Crippen LogP contribution in [0.1, 0.15) is 349 Å². The highest BCUT2D eigenvalue weighted by Crippen LogP contribution is 2.19. The number of esters is 3. The molecule has 0 fully saturated rings. The van der Waals surface area contributed by atoms with Crippen LogP contribution in [0, 0.1) is 5.92 Å². The van der Waals surface area contributed by atoms with Gasteiger partial charge in [-0.15, -0.1) is 0 Å². The van der Waals surface area contributed by atoms with Crippen LogP contribution >= 0.6 is 0 Å². The van der Waals surface area contributed by atoms with Crippen molar-refractivity contribution < 1.29 is 28.6 Å². The summed E-state index contributed by atoms with van der Waals surface area (Å²) in [6, 6.07) is 0. The average Bonchev–Trinajstić information content (AvgIpc) is 3.33. The second-order valence-corrected chi connectivity index (χ2v) is 21.2. The first-order valence-electron chi connectivity index (χ1n) is 30.4. The Balaban J connectivity index is 4.30. The van der Waals surface area contributed by atoms with E-state index in [0.29, 0.717) is 19.3 Å². The largest absolute Gasteiger partial charge is 0.462 e. The second kappa shape index (κ2) is 55.3. The van der Waals surface area contributed by atoms with E-state index in [-0.39, 0.29) is 31.1 Å². The van der Waals surface area contributed by atoms with E-state index in [1.165, 1.54) is 244 Å². The highest BCUT2D eigenvalue weighted by Gasteiger charge is 2.19. The Morgan fingerprint density at radius 3 is 0.776 bits per heavy atom. The molecule has 0 heterocycles. The van der Waals surface area contributed by atoms with Crippen molar-refractivity contribution >= 4 is 17.9 Å². The van der Waals surface area contributed by atoms with Gasteiger partial charge in [0.25, 0.3) is 0 Å². The van der Waals surface area contributed by atoms with Gasteiger partial charge < -0.3 is 14.2 Å². The van der Waals surface area contributed by atoms with Gasteiger partial charge in [0, 0.05) is 19.3 Å². The molecule has 0 aliphatic rings. The average molecular weight is 948 g/mol. The third kappa shape index (κ3) is 53.6. The van der Waals surface area contributed by atoms with E-state index in [9.17, 15) is 14.4 Å². The van der Waals surface area contributed by atoms with Crippen LogP contribution < -0.4 is 0 Å². The third-order valence-corrected chi connectivity index (χ3v) is 14.4. The first-order valence-corrected chi connectivity index (χ1v) is 30.4. The standard InChI is InChI=1S/C61H118O6/c1-5-8-10-12-14-16-18-20-22-24-29-33-37-41-45-49-53-60(63)66-56-58(55-65-59(62)52-48-44-40-36-32-28-23-21-19-17-15-13-11-9-6-2)67-61(64)54-50-46-42-38-34-30-26-25-27-31-35-39-43-47-51-57(4)7-3/h57-58H,5-56H2,1-4H3/t57?,58-/m0/s1. The first kappa shape index (κ1) is 65.4. The third-order valence-electron chi connectivity index (χ3n) is 14.4. The maximum absolute atomic E-state index is 12.9. The fourth-order valence-corrected chi connectivity index (χ4v) is 9.42. The van der Waals surface area contributed by atoms with E-state index < -0.39 is 6.10 Å². The van der Waals surface area contributed by atoms with Gasteiger partial charge in [-0.2, -0.15) is 0 Å². The van der Waals surface area contributed by atoms with Crippen molar-refractivity contribution in [3.8, 4) is 0 Å². The zero-order valence-corrected chi connectivity index (χ0v) is 45.9. The van der Waals surface area contributed by atoms with Crippen LogP contribution in [0.25, 0.3) is 0 Å². The van der Waals surface area contributed by atoms with Crippen molar-refractivity contribution in [1.82, 2.24) is 0 Å². The van der Waals surface area contributed by atoms with Gasteiger partial charge in [-0.1, -0.05) is 310 Å². The fourth-order valence-electron chi connectivity index (χ4n) is 9.42. The lowest BCUT2D eigenvalue weighted by atomic mass is 9.99. The molecule has 6 heteroatoms. The minimum Gasteiger partial charge on any atom is -0.462 e. The molecule has 0 saturated carbocycles. The van der Waals surface area contributed by atoms with Gasteiger partial charge in [-0.25, -0.2) is 0 Å². The molecule has 0 saturated heterocycles. The Hall–Kier alpha value is -1.59. The van der Waals surface area contributed by atoms with Crippen molar-refractivity contribution in [3.63, 3.8) is 0 Å². The van der Waals surface area contributed by atoms with Gasteiger partial charge in [0.15, 0.2) is 6.10 Å². The molecule has 0 aromatic carbocycles. The zero-order chi connectivity index (χ0) is 48.8. The van der Waals surface area contributed by atoms with Crippen molar-refractivity contribution in [3.05, 3.63) is 0 Å². The molecule has 0 N–H and O–H groups in total. The maximum Gasteiger partial charge on any atom is 0.306 e. The number of hydrogen-bond acceptors (Lipinski definition) is 6. The Kier molecular flexibility index (Phi) is 54.0. The molecule has 398 valence electrons. The van der Waals surface area contributed by atoms with E-state index in [2.05, 4.69) is 27.7 Å². The monoisotopic (exact) mass is 947 g/mol. The van der Waals surface area contributed by atoms with Gasteiger partial charge in [-0.05, 0) is 25.2 Å². The Morgan fingerprint density at radius 1 is 0.299 bits per heavy atom. The van der Waals surface area contributed by atoms with Crippen molar-refractivity contribution in [2.24, 2.45) is 5.92 Å². The lowest BCUT2D eigenvalue weighted by Gasteiger charge is -2.18. The molecule has 0 aromatic rings. The van der Waals surface area contributed by atoms with Crippen LogP contribution in [-0.4, -0.2) is 37.2 Å². The molecule has 0 rings (SSSR count). The molecule has 2 atom stereocenters. The minimum absolute atomic E-state index is 0.0615. The minimum atomic E-state index is -0.762. The molecule has 6 nitrogen and oxygen atoms in total. The van der Waals surface area contributed by atoms with E-state index in [4.69, 9.17) is 14.2 Å². The Morgan fingerprint density at radius 2 is 0.522 bits per heavy atom. The van der Waals surface area contributed by atoms with Gasteiger partial charge in [0.1, 0.15) is 13.2 Å². The lowest BCUT2D eigenvalue weighted by molar-refractivity contribution is -0.167.